The SMILES string of the molecule is COc1ccc(OCCOc2ccccc2CCl)cc1. The van der Waals surface area contributed by atoms with Crippen molar-refractivity contribution in [1.82, 2.24) is 0 Å². The summed E-state index contributed by atoms with van der Waals surface area (Å²) in [6, 6.07) is 15.2. The van der Waals surface area contributed by atoms with Crippen LogP contribution >= 0.6 is 11.6 Å². The standard InChI is InChI=1S/C16H17ClO3/c1-18-14-6-8-15(9-7-14)19-10-11-20-16-5-3-2-4-13(16)12-17/h2-9H,10-12H2,1H3. The number of alkyl halides is 1. The molecule has 0 N–H and O–H groups in total. The molecule has 0 saturated heterocycles. The van der Waals surface area contributed by atoms with Gasteiger partial charge in [-0.2, -0.15) is 0 Å². The molecule has 0 unspecified atom stereocenters. The molecule has 4 heteroatoms. The zero-order valence-corrected chi connectivity index (χ0v) is 12.1. The van der Waals surface area contributed by atoms with Crippen LogP contribution in [0.4, 0.5) is 0 Å². The Morgan fingerprint density at radius 1 is 0.850 bits per heavy atom. The highest BCUT2D eigenvalue weighted by molar-refractivity contribution is 6.17. The lowest BCUT2D eigenvalue weighted by atomic mass is 10.2. The zero-order chi connectivity index (χ0) is 14.2. The molecular weight excluding hydrogens is 276 g/mol. The molecule has 2 rings (SSSR count). The van der Waals surface area contributed by atoms with E-state index in [9.17, 15) is 0 Å². The van der Waals surface area contributed by atoms with Gasteiger partial charge in [0, 0.05) is 5.56 Å². The van der Waals surface area contributed by atoms with Gasteiger partial charge in [-0.3, -0.25) is 0 Å². The van der Waals surface area contributed by atoms with Crippen molar-refractivity contribution in [2.24, 2.45) is 0 Å². The summed E-state index contributed by atoms with van der Waals surface area (Å²) < 4.78 is 16.3. The maximum absolute atomic E-state index is 5.85. The third kappa shape index (κ3) is 4.07. The van der Waals surface area contributed by atoms with Gasteiger partial charge in [-0.05, 0) is 30.3 Å². The second-order valence-electron chi connectivity index (χ2n) is 4.11. The van der Waals surface area contributed by atoms with E-state index in [1.165, 1.54) is 0 Å². The molecule has 0 aliphatic carbocycles. The fourth-order valence-electron chi connectivity index (χ4n) is 1.74. The van der Waals surface area contributed by atoms with Crippen molar-refractivity contribution in [3.63, 3.8) is 0 Å². The molecular formula is C16H17ClO3. The predicted octanol–water partition coefficient (Wildman–Crippen LogP) is 3.89. The normalized spacial score (nSPS) is 10.1. The topological polar surface area (TPSA) is 27.7 Å². The summed E-state index contributed by atoms with van der Waals surface area (Å²) in [7, 11) is 1.64. The Kier molecular flexibility index (Phi) is 5.56. The summed E-state index contributed by atoms with van der Waals surface area (Å²) in [5.41, 5.74) is 0.985. The second kappa shape index (κ2) is 7.65. The minimum Gasteiger partial charge on any atom is -0.497 e. The van der Waals surface area contributed by atoms with Crippen LogP contribution in [0.2, 0.25) is 0 Å². The first-order chi connectivity index (χ1) is 9.83. The number of halogens is 1. The van der Waals surface area contributed by atoms with Gasteiger partial charge in [-0.1, -0.05) is 18.2 Å². The molecule has 0 spiro atoms. The molecule has 0 bridgehead atoms. The van der Waals surface area contributed by atoms with Gasteiger partial charge in [0.1, 0.15) is 30.5 Å². The van der Waals surface area contributed by atoms with Crippen LogP contribution in [0.3, 0.4) is 0 Å². The van der Waals surface area contributed by atoms with Crippen LogP contribution in [0.15, 0.2) is 48.5 Å². The molecule has 106 valence electrons. The Balaban J connectivity index is 1.78. The van der Waals surface area contributed by atoms with Gasteiger partial charge in [-0.25, -0.2) is 0 Å². The summed E-state index contributed by atoms with van der Waals surface area (Å²) in [6.45, 7) is 0.947. The molecule has 0 radical (unpaired) electrons. The quantitative estimate of drug-likeness (QED) is 0.572. The van der Waals surface area contributed by atoms with Crippen LogP contribution in [-0.2, 0) is 5.88 Å². The van der Waals surface area contributed by atoms with E-state index in [0.29, 0.717) is 19.1 Å². The average molecular weight is 293 g/mol. The maximum Gasteiger partial charge on any atom is 0.123 e. The number of para-hydroxylation sites is 1. The number of benzene rings is 2. The molecule has 0 aliphatic heterocycles. The molecule has 0 aromatic heterocycles. The second-order valence-corrected chi connectivity index (χ2v) is 4.38. The first-order valence-corrected chi connectivity index (χ1v) is 6.90. The van der Waals surface area contributed by atoms with Crippen molar-refractivity contribution in [2.45, 2.75) is 5.88 Å². The Labute approximate surface area is 124 Å². The van der Waals surface area contributed by atoms with Crippen LogP contribution in [0.1, 0.15) is 5.56 Å². The first-order valence-electron chi connectivity index (χ1n) is 6.37. The van der Waals surface area contributed by atoms with E-state index >= 15 is 0 Å². The lowest BCUT2D eigenvalue weighted by Gasteiger charge is -2.11. The third-order valence-corrected chi connectivity index (χ3v) is 3.07. The third-order valence-electron chi connectivity index (χ3n) is 2.79. The van der Waals surface area contributed by atoms with Crippen LogP contribution in [0.5, 0.6) is 17.2 Å². The minimum absolute atomic E-state index is 0.440. The molecule has 0 aliphatic rings. The predicted molar refractivity (Wildman–Crippen MR) is 80.0 cm³/mol. The summed E-state index contributed by atoms with van der Waals surface area (Å²) in [5, 5.41) is 0. The summed E-state index contributed by atoms with van der Waals surface area (Å²) in [5.74, 6) is 2.85. The highest BCUT2D eigenvalue weighted by Gasteiger charge is 2.01. The number of rotatable bonds is 7. The Morgan fingerprint density at radius 3 is 2.20 bits per heavy atom. The van der Waals surface area contributed by atoms with Crippen molar-refractivity contribution >= 4 is 11.6 Å². The van der Waals surface area contributed by atoms with Crippen LogP contribution in [0, 0.1) is 0 Å². The minimum atomic E-state index is 0.440. The Morgan fingerprint density at radius 2 is 1.50 bits per heavy atom. The molecule has 0 saturated carbocycles. The molecule has 3 nitrogen and oxygen atoms in total. The lowest BCUT2D eigenvalue weighted by molar-refractivity contribution is 0.216. The molecule has 20 heavy (non-hydrogen) atoms. The van der Waals surface area contributed by atoms with Gasteiger partial charge in [0.15, 0.2) is 0 Å². The largest absolute Gasteiger partial charge is 0.497 e. The van der Waals surface area contributed by atoms with E-state index in [0.717, 1.165) is 22.8 Å². The number of methoxy groups -OCH3 is 1. The summed E-state index contributed by atoms with van der Waals surface area (Å²) >= 11 is 5.85. The average Bonchev–Trinajstić information content (AvgIpc) is 2.52. The molecule has 0 fully saturated rings. The van der Waals surface area contributed by atoms with Crippen molar-refractivity contribution in [2.75, 3.05) is 20.3 Å². The molecule has 0 heterocycles. The zero-order valence-electron chi connectivity index (χ0n) is 11.3. The Hall–Kier alpha value is -1.87. The lowest BCUT2D eigenvalue weighted by Crippen LogP contribution is -2.09. The van der Waals surface area contributed by atoms with Crippen LogP contribution in [0.25, 0.3) is 0 Å². The Bertz CT molecular complexity index is 526. The van der Waals surface area contributed by atoms with Crippen molar-refractivity contribution < 1.29 is 14.2 Å². The fourth-order valence-corrected chi connectivity index (χ4v) is 1.96. The van der Waals surface area contributed by atoms with Crippen molar-refractivity contribution in [1.29, 1.82) is 0 Å². The van der Waals surface area contributed by atoms with E-state index in [-0.39, 0.29) is 0 Å². The van der Waals surface area contributed by atoms with E-state index in [1.54, 1.807) is 7.11 Å². The first kappa shape index (κ1) is 14.5. The molecule has 0 atom stereocenters. The van der Waals surface area contributed by atoms with Gasteiger partial charge in [-0.15, -0.1) is 11.6 Å². The van der Waals surface area contributed by atoms with Gasteiger partial charge >= 0.3 is 0 Å². The van der Waals surface area contributed by atoms with Gasteiger partial charge in [0.2, 0.25) is 0 Å². The number of hydrogen-bond donors (Lipinski definition) is 0. The summed E-state index contributed by atoms with van der Waals surface area (Å²) in [6.07, 6.45) is 0. The van der Waals surface area contributed by atoms with Crippen molar-refractivity contribution in [3.8, 4) is 17.2 Å². The van der Waals surface area contributed by atoms with Crippen LogP contribution in [-0.4, -0.2) is 20.3 Å². The number of hydrogen-bond acceptors (Lipinski definition) is 3. The number of ether oxygens (including phenoxy) is 3. The fraction of sp³-hybridized carbons (Fsp3) is 0.250. The molecule has 2 aromatic carbocycles. The highest BCUT2D eigenvalue weighted by Crippen LogP contribution is 2.20. The molecule has 2 aromatic rings. The summed E-state index contributed by atoms with van der Waals surface area (Å²) in [4.78, 5) is 0. The maximum atomic E-state index is 5.85. The smallest absolute Gasteiger partial charge is 0.123 e. The molecule has 0 amide bonds. The van der Waals surface area contributed by atoms with E-state index in [4.69, 9.17) is 25.8 Å². The van der Waals surface area contributed by atoms with E-state index in [1.807, 2.05) is 48.5 Å². The van der Waals surface area contributed by atoms with Crippen LogP contribution < -0.4 is 14.2 Å². The van der Waals surface area contributed by atoms with Gasteiger partial charge in [0.05, 0.1) is 13.0 Å². The monoisotopic (exact) mass is 292 g/mol. The van der Waals surface area contributed by atoms with Crippen molar-refractivity contribution in [3.05, 3.63) is 54.1 Å². The van der Waals surface area contributed by atoms with E-state index in [2.05, 4.69) is 0 Å². The van der Waals surface area contributed by atoms with Gasteiger partial charge in [0.25, 0.3) is 0 Å². The van der Waals surface area contributed by atoms with Gasteiger partial charge < -0.3 is 14.2 Å². The van der Waals surface area contributed by atoms with E-state index < -0.39 is 0 Å². The highest BCUT2D eigenvalue weighted by atomic mass is 35.5.